The minimum absolute atomic E-state index is 0.361. The van der Waals surface area contributed by atoms with Crippen molar-refractivity contribution in [2.75, 3.05) is 11.9 Å². The number of halogens is 1. The molecule has 5 nitrogen and oxygen atoms in total. The number of nitrogens with one attached hydrogen (secondary N) is 1. The highest BCUT2D eigenvalue weighted by atomic mass is 19.1. The maximum Gasteiger partial charge on any atom is 0.329 e. The molecular formula is C16H21FN2O3. The largest absolute Gasteiger partial charge is 0.458 e. The van der Waals surface area contributed by atoms with Gasteiger partial charge in [0, 0.05) is 12.2 Å². The second-order valence-electron chi connectivity index (χ2n) is 6.33. The summed E-state index contributed by atoms with van der Waals surface area (Å²) in [4.78, 5) is 25.9. The molecule has 1 saturated heterocycles. The maximum absolute atomic E-state index is 13.1. The zero-order valence-corrected chi connectivity index (χ0v) is 13.1. The molecule has 1 aliphatic rings. The smallest absolute Gasteiger partial charge is 0.329 e. The van der Waals surface area contributed by atoms with Crippen LogP contribution >= 0.6 is 0 Å². The Morgan fingerprint density at radius 1 is 1.36 bits per heavy atom. The summed E-state index contributed by atoms with van der Waals surface area (Å²) in [6, 6.07) is 4.64. The molecule has 1 heterocycles. The lowest BCUT2D eigenvalue weighted by atomic mass is 10.1. The summed E-state index contributed by atoms with van der Waals surface area (Å²) in [6.07, 6.45) is 1.31. The number of carbonyl (C=O) groups excluding carboxylic acids is 2. The summed E-state index contributed by atoms with van der Waals surface area (Å²) in [5.74, 6) is -0.831. The van der Waals surface area contributed by atoms with E-state index in [4.69, 9.17) is 4.74 Å². The number of rotatable bonds is 2. The molecule has 6 heteroatoms. The normalized spacial score (nSPS) is 18.2. The second-order valence-corrected chi connectivity index (χ2v) is 6.33. The summed E-state index contributed by atoms with van der Waals surface area (Å²) < 4.78 is 18.5. The molecule has 2 amide bonds. The first-order chi connectivity index (χ1) is 10.3. The molecule has 1 N–H and O–H groups in total. The predicted molar refractivity (Wildman–Crippen MR) is 81.0 cm³/mol. The van der Waals surface area contributed by atoms with E-state index < -0.39 is 29.5 Å². The van der Waals surface area contributed by atoms with E-state index in [-0.39, 0.29) is 0 Å². The van der Waals surface area contributed by atoms with Gasteiger partial charge in [0.1, 0.15) is 17.5 Å². The average molecular weight is 308 g/mol. The van der Waals surface area contributed by atoms with E-state index in [0.29, 0.717) is 18.7 Å². The van der Waals surface area contributed by atoms with Gasteiger partial charge in [-0.15, -0.1) is 0 Å². The van der Waals surface area contributed by atoms with Gasteiger partial charge in [-0.25, -0.2) is 14.0 Å². The Bertz CT molecular complexity index is 569. The van der Waals surface area contributed by atoms with Gasteiger partial charge in [0.25, 0.3) is 0 Å². The number of benzene rings is 1. The molecule has 0 bridgehead atoms. The summed E-state index contributed by atoms with van der Waals surface area (Å²) in [5, 5.41) is 2.61. The molecule has 0 unspecified atom stereocenters. The number of likely N-dealkylation sites (tertiary alicyclic amines) is 1. The van der Waals surface area contributed by atoms with Crippen molar-refractivity contribution in [3.8, 4) is 0 Å². The molecule has 0 radical (unpaired) electrons. The minimum Gasteiger partial charge on any atom is -0.458 e. The Morgan fingerprint density at radius 3 is 2.73 bits per heavy atom. The number of anilines is 1. The zero-order valence-electron chi connectivity index (χ0n) is 13.1. The van der Waals surface area contributed by atoms with E-state index >= 15 is 0 Å². The molecule has 22 heavy (non-hydrogen) atoms. The van der Waals surface area contributed by atoms with Crippen molar-refractivity contribution in [2.24, 2.45) is 0 Å². The van der Waals surface area contributed by atoms with E-state index in [1.165, 1.54) is 23.1 Å². The Labute approximate surface area is 129 Å². The number of nitrogens with zero attached hydrogens (tertiary/aromatic N) is 1. The molecule has 0 spiro atoms. The van der Waals surface area contributed by atoms with Crippen molar-refractivity contribution in [2.45, 2.75) is 45.3 Å². The molecule has 120 valence electrons. The van der Waals surface area contributed by atoms with Crippen LogP contribution < -0.4 is 5.32 Å². The van der Waals surface area contributed by atoms with Crippen LogP contribution in [0.4, 0.5) is 14.9 Å². The van der Waals surface area contributed by atoms with Crippen LogP contribution in [0.15, 0.2) is 24.3 Å². The molecule has 0 aromatic heterocycles. The van der Waals surface area contributed by atoms with Crippen LogP contribution in [0.5, 0.6) is 0 Å². The molecule has 2 rings (SSSR count). The molecule has 1 aromatic carbocycles. The fourth-order valence-electron chi connectivity index (χ4n) is 2.39. The number of urea groups is 1. The van der Waals surface area contributed by atoms with Crippen LogP contribution in [0, 0.1) is 5.82 Å². The van der Waals surface area contributed by atoms with Crippen molar-refractivity contribution in [3.63, 3.8) is 0 Å². The Hall–Kier alpha value is -2.11. The van der Waals surface area contributed by atoms with E-state index in [9.17, 15) is 14.0 Å². The van der Waals surface area contributed by atoms with Crippen LogP contribution in [-0.4, -0.2) is 35.1 Å². The highest BCUT2D eigenvalue weighted by Crippen LogP contribution is 2.22. The van der Waals surface area contributed by atoms with Crippen LogP contribution in [0.25, 0.3) is 0 Å². The van der Waals surface area contributed by atoms with Gasteiger partial charge in [0.15, 0.2) is 0 Å². The number of hydrogen-bond donors (Lipinski definition) is 1. The van der Waals surface area contributed by atoms with E-state index in [2.05, 4.69) is 5.32 Å². The molecule has 1 aliphatic heterocycles. The van der Waals surface area contributed by atoms with Gasteiger partial charge in [0.2, 0.25) is 0 Å². The highest BCUT2D eigenvalue weighted by molar-refractivity contribution is 5.93. The van der Waals surface area contributed by atoms with Gasteiger partial charge < -0.3 is 15.0 Å². The third-order valence-electron chi connectivity index (χ3n) is 3.27. The number of amides is 2. The third-order valence-corrected chi connectivity index (χ3v) is 3.27. The van der Waals surface area contributed by atoms with E-state index in [0.717, 1.165) is 6.42 Å². The predicted octanol–water partition coefficient (Wildman–Crippen LogP) is 3.16. The van der Waals surface area contributed by atoms with Crippen molar-refractivity contribution < 1.29 is 18.7 Å². The van der Waals surface area contributed by atoms with Crippen LogP contribution in [0.3, 0.4) is 0 Å². The standard InChI is InChI=1S/C16H21FN2O3/c1-16(2,3)22-14(20)13-8-5-9-19(13)15(21)18-12-7-4-6-11(17)10-12/h4,6-7,10,13H,5,8-9H2,1-3H3,(H,18,21)/t13-/m1/s1. The van der Waals surface area contributed by atoms with Gasteiger partial charge in [-0.3, -0.25) is 0 Å². The fourth-order valence-corrected chi connectivity index (χ4v) is 2.39. The average Bonchev–Trinajstić information content (AvgIpc) is 2.85. The SMILES string of the molecule is CC(C)(C)OC(=O)[C@H]1CCCN1C(=O)Nc1cccc(F)c1. The molecule has 1 aromatic rings. The van der Waals surface area contributed by atoms with Crippen molar-refractivity contribution in [1.29, 1.82) is 0 Å². The summed E-state index contributed by atoms with van der Waals surface area (Å²) in [6.45, 7) is 5.84. The molecular weight excluding hydrogens is 287 g/mol. The summed E-state index contributed by atoms with van der Waals surface area (Å²) >= 11 is 0. The van der Waals surface area contributed by atoms with Gasteiger partial charge in [-0.1, -0.05) is 6.07 Å². The summed E-state index contributed by atoms with van der Waals surface area (Å²) in [5.41, 5.74) is -0.232. The Morgan fingerprint density at radius 2 is 2.09 bits per heavy atom. The van der Waals surface area contributed by atoms with Crippen LogP contribution in [0.2, 0.25) is 0 Å². The van der Waals surface area contributed by atoms with Crippen LogP contribution in [-0.2, 0) is 9.53 Å². The van der Waals surface area contributed by atoms with Gasteiger partial charge in [-0.2, -0.15) is 0 Å². The lowest BCUT2D eigenvalue weighted by Gasteiger charge is -2.27. The topological polar surface area (TPSA) is 58.6 Å². The zero-order chi connectivity index (χ0) is 16.3. The lowest BCUT2D eigenvalue weighted by molar-refractivity contribution is -0.159. The number of ether oxygens (including phenoxy) is 1. The summed E-state index contributed by atoms with van der Waals surface area (Å²) in [7, 11) is 0. The maximum atomic E-state index is 13.1. The van der Waals surface area contributed by atoms with Gasteiger partial charge in [-0.05, 0) is 51.8 Å². The van der Waals surface area contributed by atoms with Crippen molar-refractivity contribution in [3.05, 3.63) is 30.1 Å². The number of carbonyl (C=O) groups is 2. The first-order valence-electron chi connectivity index (χ1n) is 7.32. The Kier molecular flexibility index (Phi) is 4.68. The van der Waals surface area contributed by atoms with Crippen molar-refractivity contribution >= 4 is 17.7 Å². The monoisotopic (exact) mass is 308 g/mol. The fraction of sp³-hybridized carbons (Fsp3) is 0.500. The second kappa shape index (κ2) is 6.34. The number of esters is 1. The molecule has 1 atom stereocenters. The first-order valence-corrected chi connectivity index (χ1v) is 7.32. The van der Waals surface area contributed by atoms with Gasteiger partial charge in [0.05, 0.1) is 0 Å². The molecule has 1 fully saturated rings. The minimum atomic E-state index is -0.593. The first kappa shape index (κ1) is 16.3. The van der Waals surface area contributed by atoms with Crippen LogP contribution in [0.1, 0.15) is 33.6 Å². The van der Waals surface area contributed by atoms with E-state index in [1.54, 1.807) is 26.8 Å². The van der Waals surface area contributed by atoms with Crippen molar-refractivity contribution in [1.82, 2.24) is 4.90 Å². The number of hydrogen-bond acceptors (Lipinski definition) is 3. The Balaban J connectivity index is 2.03. The lowest BCUT2D eigenvalue weighted by Crippen LogP contribution is -2.45. The quantitative estimate of drug-likeness (QED) is 0.854. The molecule has 0 aliphatic carbocycles. The van der Waals surface area contributed by atoms with E-state index in [1.807, 2.05) is 0 Å². The van der Waals surface area contributed by atoms with Gasteiger partial charge >= 0.3 is 12.0 Å². The third kappa shape index (κ3) is 4.19. The highest BCUT2D eigenvalue weighted by Gasteiger charge is 2.36. The molecule has 0 saturated carbocycles.